The Morgan fingerprint density at radius 2 is 1.85 bits per heavy atom. The van der Waals surface area contributed by atoms with Gasteiger partial charge in [-0.25, -0.2) is 13.8 Å². The molecule has 3 rings (SSSR count). The van der Waals surface area contributed by atoms with Gasteiger partial charge < -0.3 is 15.2 Å². The molecule has 1 amide bonds. The van der Waals surface area contributed by atoms with Crippen molar-refractivity contribution >= 4 is 23.3 Å². The standard InChI is InChI=1S/C17H10ClF2N3O3/c18-14-15(23-16(25)12-6-1-9(19)7-13(12)20)21-8-22-17(14)26-11-4-2-10(24)3-5-11/h1-8,24H,(H,21,22,23,25). The number of carbonyl (C=O) groups is 1. The molecule has 0 bridgehead atoms. The van der Waals surface area contributed by atoms with E-state index in [4.69, 9.17) is 16.3 Å². The lowest BCUT2D eigenvalue weighted by Crippen LogP contribution is -2.15. The fraction of sp³-hybridized carbons (Fsp3) is 0. The van der Waals surface area contributed by atoms with Gasteiger partial charge in [-0.15, -0.1) is 0 Å². The molecule has 0 aliphatic rings. The molecule has 2 aromatic carbocycles. The summed E-state index contributed by atoms with van der Waals surface area (Å²) in [7, 11) is 0. The molecule has 0 spiro atoms. The number of halogens is 3. The summed E-state index contributed by atoms with van der Waals surface area (Å²) in [5.41, 5.74) is -0.373. The van der Waals surface area contributed by atoms with Crippen molar-refractivity contribution in [1.82, 2.24) is 9.97 Å². The number of rotatable bonds is 4. The lowest BCUT2D eigenvalue weighted by Gasteiger charge is -2.10. The summed E-state index contributed by atoms with van der Waals surface area (Å²) >= 11 is 6.12. The van der Waals surface area contributed by atoms with Crippen LogP contribution >= 0.6 is 11.6 Å². The number of anilines is 1. The van der Waals surface area contributed by atoms with Crippen molar-refractivity contribution in [2.24, 2.45) is 0 Å². The number of phenols is 1. The Balaban J connectivity index is 1.82. The molecule has 0 saturated carbocycles. The normalized spacial score (nSPS) is 10.4. The highest BCUT2D eigenvalue weighted by Crippen LogP contribution is 2.32. The van der Waals surface area contributed by atoms with Crippen LogP contribution in [0.2, 0.25) is 5.02 Å². The van der Waals surface area contributed by atoms with Gasteiger partial charge in [0.05, 0.1) is 5.56 Å². The van der Waals surface area contributed by atoms with Crippen LogP contribution in [-0.2, 0) is 0 Å². The van der Waals surface area contributed by atoms with E-state index in [0.717, 1.165) is 18.5 Å². The van der Waals surface area contributed by atoms with Crippen LogP contribution in [0, 0.1) is 11.6 Å². The first-order valence-electron chi connectivity index (χ1n) is 7.18. The Morgan fingerprint density at radius 3 is 2.54 bits per heavy atom. The number of hydrogen-bond acceptors (Lipinski definition) is 5. The fourth-order valence-electron chi connectivity index (χ4n) is 1.99. The van der Waals surface area contributed by atoms with Crippen LogP contribution < -0.4 is 10.1 Å². The molecule has 26 heavy (non-hydrogen) atoms. The van der Waals surface area contributed by atoms with Crippen molar-refractivity contribution in [2.75, 3.05) is 5.32 Å². The second kappa shape index (κ2) is 7.32. The molecule has 0 aliphatic heterocycles. The molecule has 2 N–H and O–H groups in total. The topological polar surface area (TPSA) is 84.3 Å². The third-order valence-electron chi connectivity index (χ3n) is 3.22. The van der Waals surface area contributed by atoms with Gasteiger partial charge in [-0.2, -0.15) is 4.98 Å². The SMILES string of the molecule is O=C(Nc1ncnc(Oc2ccc(O)cc2)c1Cl)c1ccc(F)cc1F. The summed E-state index contributed by atoms with van der Waals surface area (Å²) in [5, 5.41) is 11.5. The fourth-order valence-corrected chi connectivity index (χ4v) is 2.17. The zero-order chi connectivity index (χ0) is 18.7. The molecule has 6 nitrogen and oxygen atoms in total. The number of nitrogens with one attached hydrogen (secondary N) is 1. The van der Waals surface area contributed by atoms with Crippen molar-refractivity contribution in [1.29, 1.82) is 0 Å². The second-order valence-corrected chi connectivity index (χ2v) is 5.39. The second-order valence-electron chi connectivity index (χ2n) is 5.02. The number of carbonyl (C=O) groups excluding carboxylic acids is 1. The summed E-state index contributed by atoms with van der Waals surface area (Å²) in [5.74, 6) is -2.45. The Labute approximate surface area is 151 Å². The van der Waals surface area contributed by atoms with E-state index in [2.05, 4.69) is 15.3 Å². The van der Waals surface area contributed by atoms with Crippen molar-refractivity contribution in [3.63, 3.8) is 0 Å². The van der Waals surface area contributed by atoms with Crippen LogP contribution in [0.25, 0.3) is 0 Å². The number of benzene rings is 2. The smallest absolute Gasteiger partial charge is 0.259 e. The summed E-state index contributed by atoms with van der Waals surface area (Å²) in [6, 6.07) is 8.34. The molecule has 3 aromatic rings. The average molecular weight is 378 g/mol. The first kappa shape index (κ1) is 17.6. The van der Waals surface area contributed by atoms with Gasteiger partial charge in [-0.3, -0.25) is 4.79 Å². The first-order chi connectivity index (χ1) is 12.4. The largest absolute Gasteiger partial charge is 0.508 e. The molecule has 0 unspecified atom stereocenters. The zero-order valence-electron chi connectivity index (χ0n) is 12.9. The van der Waals surface area contributed by atoms with Gasteiger partial charge in [0.25, 0.3) is 5.91 Å². The number of nitrogens with zero attached hydrogens (tertiary/aromatic N) is 2. The predicted octanol–water partition coefficient (Wildman–Crippen LogP) is 4.16. The number of aromatic hydroxyl groups is 1. The Morgan fingerprint density at radius 1 is 1.12 bits per heavy atom. The highest BCUT2D eigenvalue weighted by Gasteiger charge is 2.17. The average Bonchev–Trinajstić information content (AvgIpc) is 2.60. The van der Waals surface area contributed by atoms with Gasteiger partial charge >= 0.3 is 0 Å². The van der Waals surface area contributed by atoms with Gasteiger partial charge in [-0.05, 0) is 36.4 Å². The summed E-state index contributed by atoms with van der Waals surface area (Å²) in [6.07, 6.45) is 1.10. The summed E-state index contributed by atoms with van der Waals surface area (Å²) in [4.78, 5) is 19.8. The highest BCUT2D eigenvalue weighted by molar-refractivity contribution is 6.34. The van der Waals surface area contributed by atoms with Gasteiger partial charge in [0.2, 0.25) is 5.88 Å². The van der Waals surface area contributed by atoms with E-state index in [1.54, 1.807) is 0 Å². The highest BCUT2D eigenvalue weighted by atomic mass is 35.5. The number of phenolic OH excluding ortho intramolecular Hbond substituents is 1. The first-order valence-corrected chi connectivity index (χ1v) is 7.55. The van der Waals surface area contributed by atoms with E-state index in [1.165, 1.54) is 24.3 Å². The lowest BCUT2D eigenvalue weighted by molar-refractivity contribution is 0.102. The van der Waals surface area contributed by atoms with Crippen molar-refractivity contribution in [3.8, 4) is 17.4 Å². The van der Waals surface area contributed by atoms with Gasteiger partial charge in [0, 0.05) is 6.07 Å². The third kappa shape index (κ3) is 3.86. The third-order valence-corrected chi connectivity index (χ3v) is 3.56. The maximum absolute atomic E-state index is 13.7. The zero-order valence-corrected chi connectivity index (χ0v) is 13.7. The molecule has 1 aromatic heterocycles. The maximum Gasteiger partial charge on any atom is 0.259 e. The van der Waals surface area contributed by atoms with Crippen LogP contribution in [0.3, 0.4) is 0 Å². The van der Waals surface area contributed by atoms with Crippen LogP contribution in [0.1, 0.15) is 10.4 Å². The maximum atomic E-state index is 13.7. The van der Waals surface area contributed by atoms with Crippen LogP contribution in [0.15, 0.2) is 48.8 Å². The number of amides is 1. The molecule has 0 fully saturated rings. The van der Waals surface area contributed by atoms with E-state index < -0.39 is 17.5 Å². The lowest BCUT2D eigenvalue weighted by atomic mass is 10.2. The minimum atomic E-state index is -1.02. The molecule has 1 heterocycles. The molecule has 132 valence electrons. The Hall–Kier alpha value is -3.26. The number of hydrogen-bond donors (Lipinski definition) is 2. The van der Waals surface area contributed by atoms with Crippen LogP contribution in [0.4, 0.5) is 14.6 Å². The van der Waals surface area contributed by atoms with E-state index in [0.29, 0.717) is 11.8 Å². The van der Waals surface area contributed by atoms with Gasteiger partial charge in [0.1, 0.15) is 34.5 Å². The Bertz CT molecular complexity index is 968. The minimum absolute atomic E-state index is 0.0535. The van der Waals surface area contributed by atoms with Crippen molar-refractivity contribution in [3.05, 3.63) is 71.0 Å². The molecule has 0 atom stereocenters. The Kier molecular flexibility index (Phi) is 4.94. The number of ether oxygens (including phenoxy) is 1. The monoisotopic (exact) mass is 377 g/mol. The minimum Gasteiger partial charge on any atom is -0.508 e. The van der Waals surface area contributed by atoms with E-state index >= 15 is 0 Å². The van der Waals surface area contributed by atoms with Crippen LogP contribution in [-0.4, -0.2) is 21.0 Å². The summed E-state index contributed by atoms with van der Waals surface area (Å²) < 4.78 is 32.1. The predicted molar refractivity (Wildman–Crippen MR) is 89.5 cm³/mol. The number of aromatic nitrogens is 2. The van der Waals surface area contributed by atoms with Crippen LogP contribution in [0.5, 0.6) is 17.4 Å². The molecule has 0 aliphatic carbocycles. The molecular weight excluding hydrogens is 368 g/mol. The quantitative estimate of drug-likeness (QED) is 0.713. The molecule has 0 radical (unpaired) electrons. The van der Waals surface area contributed by atoms with E-state index in [-0.39, 0.29) is 28.0 Å². The molecule has 0 saturated heterocycles. The molecular formula is C17H10ClF2N3O3. The van der Waals surface area contributed by atoms with Crippen molar-refractivity contribution < 1.29 is 23.4 Å². The van der Waals surface area contributed by atoms with E-state index in [9.17, 15) is 18.7 Å². The van der Waals surface area contributed by atoms with E-state index in [1.807, 2.05) is 0 Å². The summed E-state index contributed by atoms with van der Waals surface area (Å²) in [6.45, 7) is 0. The molecule has 9 heteroatoms. The van der Waals surface area contributed by atoms with Gasteiger partial charge in [-0.1, -0.05) is 11.6 Å². The van der Waals surface area contributed by atoms with Gasteiger partial charge in [0.15, 0.2) is 5.82 Å². The van der Waals surface area contributed by atoms with Crippen molar-refractivity contribution in [2.45, 2.75) is 0 Å².